The Labute approximate surface area is 185 Å². The average molecular weight is 428 g/mol. The number of aryl methyl sites for hydroxylation is 2. The van der Waals surface area contributed by atoms with Gasteiger partial charge in [0.25, 0.3) is 11.5 Å². The van der Waals surface area contributed by atoms with Gasteiger partial charge in [0.05, 0.1) is 18.3 Å². The molecule has 2 aromatic heterocycles. The second kappa shape index (κ2) is 8.00. The zero-order chi connectivity index (χ0) is 22.2. The van der Waals surface area contributed by atoms with Crippen LogP contribution in [0.5, 0.6) is 5.75 Å². The van der Waals surface area contributed by atoms with Crippen LogP contribution in [-0.2, 0) is 19.9 Å². The number of aromatic amines is 1. The highest BCUT2D eigenvalue weighted by atomic mass is 16.5. The van der Waals surface area contributed by atoms with E-state index in [1.807, 2.05) is 42.5 Å². The summed E-state index contributed by atoms with van der Waals surface area (Å²) in [4.78, 5) is 28.5. The van der Waals surface area contributed by atoms with Gasteiger partial charge in [-0.3, -0.25) is 14.3 Å². The maximum atomic E-state index is 13.0. The van der Waals surface area contributed by atoms with Crippen molar-refractivity contribution in [3.8, 4) is 17.0 Å². The highest BCUT2D eigenvalue weighted by Gasteiger charge is 2.19. The Morgan fingerprint density at radius 2 is 1.88 bits per heavy atom. The van der Waals surface area contributed by atoms with Gasteiger partial charge in [-0.25, -0.2) is 0 Å². The number of nitrogens with one attached hydrogen (secondary N) is 2. The molecule has 2 heterocycles. The maximum absolute atomic E-state index is 13.0. The number of hydrogen-bond acceptors (Lipinski definition) is 4. The van der Waals surface area contributed by atoms with Crippen LogP contribution in [-0.4, -0.2) is 27.8 Å². The first-order chi connectivity index (χ1) is 15.5. The third kappa shape index (κ3) is 3.45. The second-order valence-corrected chi connectivity index (χ2v) is 8.07. The van der Waals surface area contributed by atoms with Crippen molar-refractivity contribution < 1.29 is 9.53 Å². The van der Waals surface area contributed by atoms with E-state index in [-0.39, 0.29) is 11.5 Å². The van der Waals surface area contributed by atoms with Gasteiger partial charge >= 0.3 is 0 Å². The minimum absolute atomic E-state index is 0.0243. The first-order valence-corrected chi connectivity index (χ1v) is 10.7. The summed E-state index contributed by atoms with van der Waals surface area (Å²) in [7, 11) is 3.34. The van der Waals surface area contributed by atoms with Gasteiger partial charge in [-0.15, -0.1) is 0 Å². The summed E-state index contributed by atoms with van der Waals surface area (Å²) in [5.74, 6) is 0.417. The van der Waals surface area contributed by atoms with Crippen molar-refractivity contribution in [3.63, 3.8) is 0 Å². The Balaban J connectivity index is 1.45. The van der Waals surface area contributed by atoms with Crippen LogP contribution in [0.15, 0.2) is 53.3 Å². The quantitative estimate of drug-likeness (QED) is 0.513. The summed E-state index contributed by atoms with van der Waals surface area (Å²) in [5.41, 5.74) is 5.28. The molecule has 0 bridgehead atoms. The number of nitrogens with zero attached hydrogens (tertiary/aromatic N) is 2. The molecule has 0 atom stereocenters. The smallest absolute Gasteiger partial charge is 0.273 e. The zero-order valence-corrected chi connectivity index (χ0v) is 18.1. The molecule has 0 saturated carbocycles. The molecule has 0 saturated heterocycles. The summed E-state index contributed by atoms with van der Waals surface area (Å²) in [6.07, 6.45) is 3.90. The van der Waals surface area contributed by atoms with Crippen molar-refractivity contribution in [3.05, 3.63) is 75.7 Å². The molecule has 7 heteroatoms. The Kier molecular flexibility index (Phi) is 5.01. The normalized spacial score (nSPS) is 13.1. The molecule has 0 spiro atoms. The van der Waals surface area contributed by atoms with Crippen molar-refractivity contribution >= 4 is 22.5 Å². The molecule has 0 aliphatic heterocycles. The lowest BCUT2D eigenvalue weighted by Crippen LogP contribution is -2.19. The summed E-state index contributed by atoms with van der Waals surface area (Å²) in [5, 5.41) is 8.47. The second-order valence-electron chi connectivity index (χ2n) is 8.07. The number of hydrogen-bond donors (Lipinski definition) is 2. The fourth-order valence-corrected chi connectivity index (χ4v) is 4.50. The number of ether oxygens (including phenoxy) is 1. The van der Waals surface area contributed by atoms with Crippen LogP contribution in [0.1, 0.15) is 34.5 Å². The molecule has 2 aromatic carbocycles. The van der Waals surface area contributed by atoms with Crippen LogP contribution in [0.3, 0.4) is 0 Å². The van der Waals surface area contributed by atoms with Crippen LogP contribution in [0.2, 0.25) is 0 Å². The van der Waals surface area contributed by atoms with Gasteiger partial charge in [-0.1, -0.05) is 18.2 Å². The minimum Gasteiger partial charge on any atom is -0.496 e. The molecule has 1 aliphatic carbocycles. The molecule has 2 N–H and O–H groups in total. The minimum atomic E-state index is -0.277. The Morgan fingerprint density at radius 3 is 2.69 bits per heavy atom. The van der Waals surface area contributed by atoms with Gasteiger partial charge < -0.3 is 15.0 Å². The largest absolute Gasteiger partial charge is 0.496 e. The highest BCUT2D eigenvalue weighted by Crippen LogP contribution is 2.30. The molecule has 5 rings (SSSR count). The number of anilines is 1. The van der Waals surface area contributed by atoms with Gasteiger partial charge in [-0.05, 0) is 61.6 Å². The number of carbonyl (C=O) groups excluding carboxylic acids is 1. The molecular formula is C25H24N4O3. The molecule has 0 radical (unpaired) electrons. The molecular weight excluding hydrogens is 404 g/mol. The van der Waals surface area contributed by atoms with E-state index in [4.69, 9.17) is 4.74 Å². The summed E-state index contributed by atoms with van der Waals surface area (Å²) < 4.78 is 6.97. The van der Waals surface area contributed by atoms with Gasteiger partial charge in [0, 0.05) is 29.2 Å². The van der Waals surface area contributed by atoms with E-state index in [2.05, 4.69) is 15.4 Å². The Hall–Kier alpha value is -3.87. The van der Waals surface area contributed by atoms with Crippen molar-refractivity contribution in [2.24, 2.45) is 7.05 Å². The predicted octanol–water partition coefficient (Wildman–Crippen LogP) is 4.07. The molecule has 7 nitrogen and oxygen atoms in total. The first kappa shape index (κ1) is 20.1. The number of fused-ring (bicyclic) bond motifs is 3. The standard InChI is InChI=1S/C25H24N4O3/c1-29-22(14-21(28-29)19-9-5-6-10-23(19)32-2)25(31)26-15-11-12-17-16-7-3-4-8-18(16)24(30)27-20(17)13-15/h5-6,9-14H,3-4,7-8H2,1-2H3,(H,26,31)(H,27,30). The van der Waals surface area contributed by atoms with E-state index in [1.165, 1.54) is 0 Å². The van der Waals surface area contributed by atoms with Crippen molar-refractivity contribution in [1.82, 2.24) is 14.8 Å². The average Bonchev–Trinajstić information content (AvgIpc) is 3.20. The van der Waals surface area contributed by atoms with E-state index in [9.17, 15) is 9.59 Å². The van der Waals surface area contributed by atoms with Crippen molar-refractivity contribution in [1.29, 1.82) is 0 Å². The van der Waals surface area contributed by atoms with E-state index >= 15 is 0 Å². The lowest BCUT2D eigenvalue weighted by molar-refractivity contribution is 0.101. The number of amides is 1. The fourth-order valence-electron chi connectivity index (χ4n) is 4.50. The highest BCUT2D eigenvalue weighted by molar-refractivity contribution is 6.04. The third-order valence-electron chi connectivity index (χ3n) is 6.09. The van der Waals surface area contributed by atoms with E-state index < -0.39 is 0 Å². The number of carbonyl (C=O) groups is 1. The number of rotatable bonds is 4. The maximum Gasteiger partial charge on any atom is 0.273 e. The molecule has 4 aromatic rings. The number of aromatic nitrogens is 3. The molecule has 0 unspecified atom stereocenters. The lowest BCUT2D eigenvalue weighted by Gasteiger charge is -2.17. The van der Waals surface area contributed by atoms with E-state index in [0.717, 1.165) is 53.3 Å². The third-order valence-corrected chi connectivity index (χ3v) is 6.09. The number of benzene rings is 2. The van der Waals surface area contributed by atoms with E-state index in [1.54, 1.807) is 24.9 Å². The van der Waals surface area contributed by atoms with Crippen LogP contribution in [0.25, 0.3) is 22.2 Å². The van der Waals surface area contributed by atoms with Crippen LogP contribution in [0.4, 0.5) is 5.69 Å². The van der Waals surface area contributed by atoms with Crippen molar-refractivity contribution in [2.75, 3.05) is 12.4 Å². The number of H-pyrrole nitrogens is 1. The van der Waals surface area contributed by atoms with Crippen LogP contribution >= 0.6 is 0 Å². The summed E-state index contributed by atoms with van der Waals surface area (Å²) in [6, 6.07) is 15.0. The summed E-state index contributed by atoms with van der Waals surface area (Å²) >= 11 is 0. The first-order valence-electron chi connectivity index (χ1n) is 10.7. The molecule has 1 aliphatic rings. The van der Waals surface area contributed by atoms with Gasteiger partial charge in [0.1, 0.15) is 11.4 Å². The zero-order valence-electron chi connectivity index (χ0n) is 18.1. The molecule has 1 amide bonds. The van der Waals surface area contributed by atoms with E-state index in [0.29, 0.717) is 22.8 Å². The lowest BCUT2D eigenvalue weighted by atomic mass is 9.90. The van der Waals surface area contributed by atoms with Gasteiger partial charge in [-0.2, -0.15) is 5.10 Å². The Bertz CT molecular complexity index is 1400. The summed E-state index contributed by atoms with van der Waals surface area (Å²) in [6.45, 7) is 0. The predicted molar refractivity (Wildman–Crippen MR) is 124 cm³/mol. The number of pyridine rings is 1. The SMILES string of the molecule is COc1ccccc1-c1cc(C(=O)Nc2ccc3c4c(c(=O)[nH]c3c2)CCCC4)n(C)n1. The van der Waals surface area contributed by atoms with Gasteiger partial charge in [0.2, 0.25) is 0 Å². The molecule has 162 valence electrons. The topological polar surface area (TPSA) is 89.0 Å². The Morgan fingerprint density at radius 1 is 1.09 bits per heavy atom. The number of methoxy groups -OCH3 is 1. The molecule has 0 fully saturated rings. The van der Waals surface area contributed by atoms with Crippen LogP contribution < -0.4 is 15.6 Å². The number of para-hydroxylation sites is 1. The van der Waals surface area contributed by atoms with Crippen molar-refractivity contribution in [2.45, 2.75) is 25.7 Å². The monoisotopic (exact) mass is 428 g/mol. The fraction of sp³-hybridized carbons (Fsp3) is 0.240. The van der Waals surface area contributed by atoms with Gasteiger partial charge in [0.15, 0.2) is 0 Å². The molecule has 32 heavy (non-hydrogen) atoms. The van der Waals surface area contributed by atoms with Crippen LogP contribution in [0, 0.1) is 0 Å².